The van der Waals surface area contributed by atoms with Gasteiger partial charge in [-0.15, -0.1) is 0 Å². The molecule has 0 spiro atoms. The molecule has 1 heterocycles. The zero-order chi connectivity index (χ0) is 19.8. The van der Waals surface area contributed by atoms with E-state index >= 15 is 0 Å². The standard InChI is InChI=1S/C18H18N4O4S/c1-11-12(2)16(27(19,25)26)8-7-14(11)21-17(23)9-22-10-20-15-6-4-3-5-13(15)18(22)24/h3-8,10H,9H2,1-2H3,(H,21,23)(H2,19,25,26). The molecule has 0 bridgehead atoms. The summed E-state index contributed by atoms with van der Waals surface area (Å²) in [5.41, 5.74) is 1.74. The van der Waals surface area contributed by atoms with Gasteiger partial charge in [-0.05, 0) is 49.2 Å². The Bertz CT molecular complexity index is 1220. The van der Waals surface area contributed by atoms with E-state index < -0.39 is 15.9 Å². The Balaban J connectivity index is 1.86. The largest absolute Gasteiger partial charge is 0.324 e. The molecular formula is C18H18N4O4S. The van der Waals surface area contributed by atoms with Gasteiger partial charge in [-0.25, -0.2) is 18.5 Å². The van der Waals surface area contributed by atoms with Crippen LogP contribution in [0.15, 0.2) is 52.4 Å². The van der Waals surface area contributed by atoms with Crippen LogP contribution in [0.1, 0.15) is 11.1 Å². The van der Waals surface area contributed by atoms with Gasteiger partial charge >= 0.3 is 0 Å². The summed E-state index contributed by atoms with van der Waals surface area (Å²) in [7, 11) is -3.84. The zero-order valence-corrected chi connectivity index (χ0v) is 15.6. The van der Waals surface area contributed by atoms with Crippen LogP contribution in [0.25, 0.3) is 10.9 Å². The average molecular weight is 386 g/mol. The number of fused-ring (bicyclic) bond motifs is 1. The van der Waals surface area contributed by atoms with Crippen LogP contribution >= 0.6 is 0 Å². The first kappa shape index (κ1) is 18.7. The van der Waals surface area contributed by atoms with Crippen molar-refractivity contribution in [2.75, 3.05) is 5.32 Å². The number of carbonyl (C=O) groups excluding carboxylic acids is 1. The maximum atomic E-state index is 12.5. The SMILES string of the molecule is Cc1c(NC(=O)Cn2cnc3ccccc3c2=O)ccc(S(N)(=O)=O)c1C. The number of nitrogens with one attached hydrogen (secondary N) is 1. The van der Waals surface area contributed by atoms with E-state index in [0.717, 1.165) is 0 Å². The Morgan fingerprint density at radius 2 is 1.85 bits per heavy atom. The molecule has 0 unspecified atom stereocenters. The molecule has 0 aliphatic rings. The molecule has 140 valence electrons. The van der Waals surface area contributed by atoms with Crippen LogP contribution in [0.2, 0.25) is 0 Å². The van der Waals surface area contributed by atoms with Crippen LogP contribution < -0.4 is 16.0 Å². The molecule has 0 radical (unpaired) electrons. The second-order valence-electron chi connectivity index (χ2n) is 6.15. The van der Waals surface area contributed by atoms with Gasteiger partial charge < -0.3 is 5.32 Å². The highest BCUT2D eigenvalue weighted by atomic mass is 32.2. The molecule has 0 fully saturated rings. The number of sulfonamides is 1. The Kier molecular flexibility index (Phi) is 4.81. The normalized spacial score (nSPS) is 11.5. The molecule has 9 heteroatoms. The topological polar surface area (TPSA) is 124 Å². The number of hydrogen-bond acceptors (Lipinski definition) is 5. The molecule has 0 aliphatic heterocycles. The van der Waals surface area contributed by atoms with Crippen molar-refractivity contribution in [3.8, 4) is 0 Å². The monoisotopic (exact) mass is 386 g/mol. The predicted molar refractivity (Wildman–Crippen MR) is 102 cm³/mol. The number of primary sulfonamides is 1. The van der Waals surface area contributed by atoms with Gasteiger partial charge in [0.25, 0.3) is 5.56 Å². The number of para-hydroxylation sites is 1. The molecule has 8 nitrogen and oxygen atoms in total. The Morgan fingerprint density at radius 3 is 2.56 bits per heavy atom. The molecule has 3 rings (SSSR count). The number of anilines is 1. The van der Waals surface area contributed by atoms with Gasteiger partial charge in [-0.1, -0.05) is 12.1 Å². The van der Waals surface area contributed by atoms with Crippen molar-refractivity contribution in [2.45, 2.75) is 25.3 Å². The van der Waals surface area contributed by atoms with E-state index in [4.69, 9.17) is 5.14 Å². The highest BCUT2D eigenvalue weighted by molar-refractivity contribution is 7.89. The van der Waals surface area contributed by atoms with Crippen LogP contribution in [0.5, 0.6) is 0 Å². The number of rotatable bonds is 4. The molecule has 3 N–H and O–H groups in total. The first-order valence-electron chi connectivity index (χ1n) is 8.05. The van der Waals surface area contributed by atoms with E-state index in [2.05, 4.69) is 10.3 Å². The summed E-state index contributed by atoms with van der Waals surface area (Å²) < 4.78 is 24.4. The van der Waals surface area contributed by atoms with Crippen molar-refractivity contribution in [1.29, 1.82) is 0 Å². The molecule has 3 aromatic rings. The van der Waals surface area contributed by atoms with E-state index in [1.165, 1.54) is 23.0 Å². The fraction of sp³-hybridized carbons (Fsp3) is 0.167. The summed E-state index contributed by atoms with van der Waals surface area (Å²) in [4.78, 5) is 29.0. The Labute approximate surface area is 155 Å². The third-order valence-electron chi connectivity index (χ3n) is 4.36. The van der Waals surface area contributed by atoms with Crippen molar-refractivity contribution in [1.82, 2.24) is 9.55 Å². The molecular weight excluding hydrogens is 368 g/mol. The van der Waals surface area contributed by atoms with Crippen LogP contribution in [0, 0.1) is 13.8 Å². The number of aromatic nitrogens is 2. The average Bonchev–Trinajstić information content (AvgIpc) is 2.60. The summed E-state index contributed by atoms with van der Waals surface area (Å²) in [6.45, 7) is 3.08. The molecule has 0 aliphatic carbocycles. The van der Waals surface area contributed by atoms with Crippen molar-refractivity contribution in [3.05, 3.63) is 64.2 Å². The fourth-order valence-electron chi connectivity index (χ4n) is 2.80. The second-order valence-corrected chi connectivity index (χ2v) is 7.68. The number of amides is 1. The zero-order valence-electron chi connectivity index (χ0n) is 14.8. The molecule has 0 atom stereocenters. The van der Waals surface area contributed by atoms with E-state index in [0.29, 0.717) is 27.7 Å². The highest BCUT2D eigenvalue weighted by Crippen LogP contribution is 2.24. The second kappa shape index (κ2) is 6.93. The first-order valence-corrected chi connectivity index (χ1v) is 9.60. The number of hydrogen-bond donors (Lipinski definition) is 2. The summed E-state index contributed by atoms with van der Waals surface area (Å²) in [5.74, 6) is -0.431. The Hall–Kier alpha value is -3.04. The first-order chi connectivity index (χ1) is 12.7. The maximum Gasteiger partial charge on any atom is 0.261 e. The Morgan fingerprint density at radius 1 is 1.15 bits per heavy atom. The van der Waals surface area contributed by atoms with E-state index in [1.54, 1.807) is 38.1 Å². The lowest BCUT2D eigenvalue weighted by atomic mass is 10.1. The van der Waals surface area contributed by atoms with Gasteiger partial charge in [0.05, 0.1) is 22.1 Å². The molecule has 1 aromatic heterocycles. The maximum absolute atomic E-state index is 12.5. The van der Waals surface area contributed by atoms with Crippen molar-refractivity contribution >= 4 is 32.5 Å². The van der Waals surface area contributed by atoms with E-state index in [-0.39, 0.29) is 17.0 Å². The smallest absolute Gasteiger partial charge is 0.261 e. The van der Waals surface area contributed by atoms with Crippen molar-refractivity contribution in [2.24, 2.45) is 5.14 Å². The minimum Gasteiger partial charge on any atom is -0.324 e. The third kappa shape index (κ3) is 3.74. The number of carbonyl (C=O) groups is 1. The quantitative estimate of drug-likeness (QED) is 0.699. The number of nitrogens with two attached hydrogens (primary N) is 1. The fourth-order valence-corrected chi connectivity index (χ4v) is 3.64. The minimum atomic E-state index is -3.84. The summed E-state index contributed by atoms with van der Waals surface area (Å²) in [5, 5.41) is 8.30. The number of benzene rings is 2. The van der Waals surface area contributed by atoms with Crippen molar-refractivity contribution in [3.63, 3.8) is 0 Å². The van der Waals surface area contributed by atoms with Gasteiger partial charge in [0.2, 0.25) is 15.9 Å². The van der Waals surface area contributed by atoms with Crippen LogP contribution in [0.4, 0.5) is 5.69 Å². The van der Waals surface area contributed by atoms with E-state index in [9.17, 15) is 18.0 Å². The molecule has 0 saturated heterocycles. The van der Waals surface area contributed by atoms with Gasteiger partial charge in [-0.2, -0.15) is 0 Å². The lowest BCUT2D eigenvalue weighted by Gasteiger charge is -2.14. The van der Waals surface area contributed by atoms with Crippen molar-refractivity contribution < 1.29 is 13.2 Å². The van der Waals surface area contributed by atoms with Crippen LogP contribution in [-0.2, 0) is 21.4 Å². The molecule has 1 amide bonds. The third-order valence-corrected chi connectivity index (χ3v) is 5.42. The summed E-state index contributed by atoms with van der Waals surface area (Å²) in [6.07, 6.45) is 1.33. The van der Waals surface area contributed by atoms with Crippen LogP contribution in [0.3, 0.4) is 0 Å². The van der Waals surface area contributed by atoms with Gasteiger partial charge in [-0.3, -0.25) is 14.2 Å². The predicted octanol–water partition coefficient (Wildman–Crippen LogP) is 1.30. The summed E-state index contributed by atoms with van der Waals surface area (Å²) >= 11 is 0. The van der Waals surface area contributed by atoms with Gasteiger partial charge in [0, 0.05) is 5.69 Å². The minimum absolute atomic E-state index is 0.00736. The molecule has 0 saturated carbocycles. The number of nitrogens with zero attached hydrogens (tertiary/aromatic N) is 2. The lowest BCUT2D eigenvalue weighted by Crippen LogP contribution is -2.28. The van der Waals surface area contributed by atoms with Crippen LogP contribution in [-0.4, -0.2) is 23.9 Å². The van der Waals surface area contributed by atoms with Gasteiger partial charge in [0.15, 0.2) is 0 Å². The lowest BCUT2D eigenvalue weighted by molar-refractivity contribution is -0.116. The highest BCUT2D eigenvalue weighted by Gasteiger charge is 2.16. The summed E-state index contributed by atoms with van der Waals surface area (Å²) in [6, 6.07) is 9.70. The van der Waals surface area contributed by atoms with Gasteiger partial charge in [0.1, 0.15) is 6.54 Å². The molecule has 2 aromatic carbocycles. The van der Waals surface area contributed by atoms with E-state index in [1.807, 2.05) is 0 Å². The molecule has 27 heavy (non-hydrogen) atoms.